The number of benzene rings is 2. The largest absolute Gasteiger partial charge is 0.492 e. The lowest BCUT2D eigenvalue weighted by Gasteiger charge is -2.17. The smallest absolute Gasteiger partial charge is 0.224 e. The molecule has 0 aliphatic carbocycles. The third-order valence-electron chi connectivity index (χ3n) is 6.36. The molecule has 2 heterocycles. The fraction of sp³-hybridized carbons (Fsp3) is 0.312. The van der Waals surface area contributed by atoms with Gasteiger partial charge in [-0.25, -0.2) is 0 Å². The van der Waals surface area contributed by atoms with Crippen molar-refractivity contribution >= 4 is 45.5 Å². The number of nitriles is 1. The van der Waals surface area contributed by atoms with Crippen molar-refractivity contribution in [1.29, 1.82) is 5.26 Å². The van der Waals surface area contributed by atoms with Crippen LogP contribution < -0.4 is 24.8 Å². The zero-order valence-corrected chi connectivity index (χ0v) is 25.5. The van der Waals surface area contributed by atoms with Crippen LogP contribution in [0.5, 0.6) is 17.2 Å². The van der Waals surface area contributed by atoms with E-state index in [2.05, 4.69) is 26.7 Å². The van der Waals surface area contributed by atoms with Gasteiger partial charge in [-0.15, -0.1) is 0 Å². The third-order valence-corrected chi connectivity index (χ3v) is 6.65. The monoisotopic (exact) mass is 602 g/mol. The summed E-state index contributed by atoms with van der Waals surface area (Å²) in [6.07, 6.45) is 4.25. The lowest BCUT2D eigenvalue weighted by Crippen LogP contribution is -2.17. The minimum absolute atomic E-state index is 0.121. The molecular weight excluding hydrogens is 568 g/mol. The van der Waals surface area contributed by atoms with E-state index < -0.39 is 0 Å². The molecule has 0 fully saturated rings. The number of ether oxygens (including phenoxy) is 3. The first-order valence-corrected chi connectivity index (χ1v) is 14.4. The number of carbonyl (C=O) groups excluding carboxylic acids is 1. The number of amides is 1. The van der Waals surface area contributed by atoms with Crippen LogP contribution in [-0.2, 0) is 11.4 Å². The number of nitrogens with one attached hydrogen (secondary N) is 2. The van der Waals surface area contributed by atoms with Crippen molar-refractivity contribution in [2.24, 2.45) is 0 Å². The van der Waals surface area contributed by atoms with Gasteiger partial charge in [-0.3, -0.25) is 14.8 Å². The van der Waals surface area contributed by atoms with Crippen molar-refractivity contribution in [3.05, 3.63) is 71.1 Å². The Labute approximate surface area is 256 Å². The fourth-order valence-electron chi connectivity index (χ4n) is 4.32. The Bertz CT molecular complexity index is 1600. The van der Waals surface area contributed by atoms with E-state index in [9.17, 15) is 10.1 Å². The third kappa shape index (κ3) is 8.47. The molecule has 4 aromatic rings. The van der Waals surface area contributed by atoms with Gasteiger partial charge in [0.05, 0.1) is 52.6 Å². The molecular formula is C32H35ClN6O4. The second-order valence-electron chi connectivity index (χ2n) is 9.89. The van der Waals surface area contributed by atoms with E-state index >= 15 is 0 Å². The first-order chi connectivity index (χ1) is 20.8. The predicted molar refractivity (Wildman–Crippen MR) is 169 cm³/mol. The molecule has 1 amide bonds. The van der Waals surface area contributed by atoms with Gasteiger partial charge in [-0.1, -0.05) is 11.6 Å². The van der Waals surface area contributed by atoms with Crippen LogP contribution in [0.3, 0.4) is 0 Å². The highest BCUT2D eigenvalue weighted by Gasteiger charge is 2.16. The first-order valence-electron chi connectivity index (χ1n) is 14.0. The van der Waals surface area contributed by atoms with E-state index in [0.29, 0.717) is 75.4 Å². The maximum atomic E-state index is 12.7. The quantitative estimate of drug-likeness (QED) is 0.165. The SMILES string of the molecule is CCOc1ccc(COc2ccc(Nc3c(C#N)cnc4cc(OCC)c(NC(=O)CCCN(C)C)cc34)cc2Cl)nc1. The van der Waals surface area contributed by atoms with Gasteiger partial charge in [0.25, 0.3) is 0 Å². The van der Waals surface area contributed by atoms with Crippen LogP contribution in [0.4, 0.5) is 17.1 Å². The van der Waals surface area contributed by atoms with Crippen molar-refractivity contribution in [1.82, 2.24) is 14.9 Å². The van der Waals surface area contributed by atoms with Gasteiger partial charge in [0, 0.05) is 29.8 Å². The van der Waals surface area contributed by atoms with Gasteiger partial charge in [-0.2, -0.15) is 5.26 Å². The Hall–Kier alpha value is -4.59. The molecule has 10 nitrogen and oxygen atoms in total. The van der Waals surface area contributed by atoms with E-state index in [1.807, 2.05) is 51.0 Å². The number of rotatable bonds is 14. The Kier molecular flexibility index (Phi) is 11.0. The number of anilines is 3. The molecule has 0 aliphatic heterocycles. The molecule has 0 unspecified atom stereocenters. The fourth-order valence-corrected chi connectivity index (χ4v) is 4.56. The topological polar surface area (TPSA) is 122 Å². The second kappa shape index (κ2) is 15.0. The normalized spacial score (nSPS) is 10.8. The van der Waals surface area contributed by atoms with Gasteiger partial charge in [0.2, 0.25) is 5.91 Å². The lowest BCUT2D eigenvalue weighted by molar-refractivity contribution is -0.116. The van der Waals surface area contributed by atoms with Crippen LogP contribution in [0.25, 0.3) is 10.9 Å². The molecule has 0 saturated heterocycles. The standard InChI is InChI=1S/C32H35ClN6O4/c1-5-41-24-11-9-23(35-19-24)20-43-29-12-10-22(14-26(29)33)37-32-21(17-34)18-36-27-16-30(42-6-2)28(15-25(27)32)38-31(40)8-7-13-39(3)4/h9-12,14-16,18-19H,5-8,13,20H2,1-4H3,(H,36,37)(H,38,40). The van der Waals surface area contributed by atoms with E-state index in [0.717, 1.165) is 18.7 Å². The first kappa shape index (κ1) is 31.3. The molecule has 2 N–H and O–H groups in total. The summed E-state index contributed by atoms with van der Waals surface area (Å²) in [7, 11) is 3.94. The molecule has 0 radical (unpaired) electrons. The van der Waals surface area contributed by atoms with E-state index in [1.165, 1.54) is 6.20 Å². The highest BCUT2D eigenvalue weighted by molar-refractivity contribution is 6.32. The van der Waals surface area contributed by atoms with Gasteiger partial charge in [0.15, 0.2) is 0 Å². The van der Waals surface area contributed by atoms with Gasteiger partial charge < -0.3 is 29.7 Å². The molecule has 4 rings (SSSR count). The summed E-state index contributed by atoms with van der Waals surface area (Å²) in [6, 6.07) is 14.7. The second-order valence-corrected chi connectivity index (χ2v) is 10.3. The minimum Gasteiger partial charge on any atom is -0.492 e. The van der Waals surface area contributed by atoms with Crippen LogP contribution in [-0.4, -0.2) is 54.6 Å². The van der Waals surface area contributed by atoms with Crippen molar-refractivity contribution in [2.45, 2.75) is 33.3 Å². The molecule has 2 aromatic carbocycles. The van der Waals surface area contributed by atoms with Crippen LogP contribution in [0.1, 0.15) is 37.9 Å². The molecule has 0 saturated carbocycles. The summed E-state index contributed by atoms with van der Waals surface area (Å²) in [4.78, 5) is 23.6. The lowest BCUT2D eigenvalue weighted by atomic mass is 10.1. The zero-order chi connectivity index (χ0) is 30.8. The van der Waals surface area contributed by atoms with E-state index in [1.54, 1.807) is 30.5 Å². The maximum absolute atomic E-state index is 12.7. The van der Waals surface area contributed by atoms with Crippen LogP contribution in [0, 0.1) is 11.3 Å². The van der Waals surface area contributed by atoms with Crippen molar-refractivity contribution in [3.8, 4) is 23.3 Å². The number of aromatic nitrogens is 2. The Morgan fingerprint density at radius 2 is 1.81 bits per heavy atom. The van der Waals surface area contributed by atoms with Gasteiger partial charge in [0.1, 0.15) is 29.9 Å². The van der Waals surface area contributed by atoms with Crippen LogP contribution in [0.2, 0.25) is 5.02 Å². The Morgan fingerprint density at radius 3 is 2.49 bits per heavy atom. The molecule has 0 spiro atoms. The molecule has 2 aromatic heterocycles. The van der Waals surface area contributed by atoms with E-state index in [-0.39, 0.29) is 12.5 Å². The number of halogens is 1. The Balaban J connectivity index is 1.57. The molecule has 224 valence electrons. The van der Waals surface area contributed by atoms with Gasteiger partial charge in [-0.05, 0) is 77.3 Å². The Morgan fingerprint density at radius 1 is 1.00 bits per heavy atom. The van der Waals surface area contributed by atoms with Crippen LogP contribution >= 0.6 is 11.6 Å². The average molecular weight is 603 g/mol. The zero-order valence-electron chi connectivity index (χ0n) is 24.7. The number of hydrogen-bond donors (Lipinski definition) is 2. The highest BCUT2D eigenvalue weighted by Crippen LogP contribution is 2.37. The number of fused-ring (bicyclic) bond motifs is 1. The maximum Gasteiger partial charge on any atom is 0.224 e. The number of hydrogen-bond acceptors (Lipinski definition) is 9. The number of nitrogens with zero attached hydrogens (tertiary/aromatic N) is 4. The summed E-state index contributed by atoms with van der Waals surface area (Å²) in [5, 5.41) is 17.2. The summed E-state index contributed by atoms with van der Waals surface area (Å²) in [6.45, 7) is 5.81. The molecule has 0 aliphatic rings. The number of carbonyl (C=O) groups is 1. The number of pyridine rings is 2. The van der Waals surface area contributed by atoms with Crippen molar-refractivity contribution in [3.63, 3.8) is 0 Å². The summed E-state index contributed by atoms with van der Waals surface area (Å²) >= 11 is 6.57. The predicted octanol–water partition coefficient (Wildman–Crippen LogP) is 6.56. The molecule has 0 atom stereocenters. The van der Waals surface area contributed by atoms with Gasteiger partial charge >= 0.3 is 0 Å². The van der Waals surface area contributed by atoms with Crippen LogP contribution in [0.15, 0.2) is 54.9 Å². The van der Waals surface area contributed by atoms with Crippen molar-refractivity contribution in [2.75, 3.05) is 44.5 Å². The highest BCUT2D eigenvalue weighted by atomic mass is 35.5. The minimum atomic E-state index is -0.121. The molecule has 11 heteroatoms. The molecule has 43 heavy (non-hydrogen) atoms. The summed E-state index contributed by atoms with van der Waals surface area (Å²) in [5.41, 5.74) is 3.34. The van der Waals surface area contributed by atoms with Crippen molar-refractivity contribution < 1.29 is 19.0 Å². The average Bonchev–Trinajstić information content (AvgIpc) is 2.98. The van der Waals surface area contributed by atoms with E-state index in [4.69, 9.17) is 25.8 Å². The molecule has 0 bridgehead atoms. The summed E-state index contributed by atoms with van der Waals surface area (Å²) in [5.74, 6) is 1.57. The summed E-state index contributed by atoms with van der Waals surface area (Å²) < 4.78 is 17.1.